The molecular formula is C22H27N7O2. The molecule has 4 heterocycles. The predicted molar refractivity (Wildman–Crippen MR) is 119 cm³/mol. The molecule has 9 heteroatoms. The van der Waals surface area contributed by atoms with Crippen LogP contribution in [0, 0.1) is 23.2 Å². The minimum atomic E-state index is 0.0861. The van der Waals surface area contributed by atoms with Crippen molar-refractivity contribution in [3.05, 3.63) is 29.5 Å². The van der Waals surface area contributed by atoms with Gasteiger partial charge in [0.1, 0.15) is 17.5 Å². The number of pyridine rings is 1. The van der Waals surface area contributed by atoms with Crippen molar-refractivity contribution < 1.29 is 9.53 Å². The molecule has 2 atom stereocenters. The van der Waals surface area contributed by atoms with Crippen molar-refractivity contribution in [2.45, 2.75) is 26.3 Å². The van der Waals surface area contributed by atoms with Gasteiger partial charge < -0.3 is 25.3 Å². The van der Waals surface area contributed by atoms with Gasteiger partial charge in [-0.3, -0.25) is 9.89 Å². The fourth-order valence-electron chi connectivity index (χ4n) is 3.90. The molecule has 2 aromatic rings. The standard InChI is InChI=1S/C22H27N7O2/c1-15-14-31-10-9-29(15)21-11-18(4-3-17-6-8-28(13-17)16(2)30)19(12-23)22(26-21)25-20-5-7-24-27-20/h5,7,11-12,15,17,23H,6,8-10,13-14H2,1-2H3,(H2,24,25,26,27)/t15-,17?/m1/s1. The highest BCUT2D eigenvalue weighted by molar-refractivity contribution is 5.90. The molecule has 4 rings (SSSR count). The Balaban J connectivity index is 1.70. The van der Waals surface area contributed by atoms with Crippen LogP contribution in [0.2, 0.25) is 0 Å². The zero-order valence-corrected chi connectivity index (χ0v) is 17.8. The van der Waals surface area contributed by atoms with Crippen molar-refractivity contribution in [1.29, 1.82) is 5.41 Å². The molecule has 162 valence electrons. The van der Waals surface area contributed by atoms with Gasteiger partial charge in [-0.25, -0.2) is 4.98 Å². The number of hydrogen-bond donors (Lipinski definition) is 3. The summed E-state index contributed by atoms with van der Waals surface area (Å²) in [5.74, 6) is 8.85. The molecule has 0 bridgehead atoms. The third kappa shape index (κ3) is 4.70. The zero-order chi connectivity index (χ0) is 21.8. The van der Waals surface area contributed by atoms with Crippen LogP contribution in [0.25, 0.3) is 0 Å². The Labute approximate surface area is 181 Å². The summed E-state index contributed by atoms with van der Waals surface area (Å²) < 4.78 is 5.57. The number of rotatable bonds is 4. The largest absolute Gasteiger partial charge is 0.377 e. The first kappa shape index (κ1) is 20.9. The van der Waals surface area contributed by atoms with Gasteiger partial charge in [-0.15, -0.1) is 0 Å². The number of aromatic nitrogens is 3. The number of likely N-dealkylation sites (tertiary alicyclic amines) is 1. The fourth-order valence-corrected chi connectivity index (χ4v) is 3.90. The van der Waals surface area contributed by atoms with Crippen LogP contribution in [0.1, 0.15) is 31.4 Å². The van der Waals surface area contributed by atoms with E-state index in [2.05, 4.69) is 39.2 Å². The summed E-state index contributed by atoms with van der Waals surface area (Å²) in [5.41, 5.74) is 1.36. The van der Waals surface area contributed by atoms with E-state index < -0.39 is 0 Å². The van der Waals surface area contributed by atoms with Crippen LogP contribution in [-0.2, 0) is 9.53 Å². The van der Waals surface area contributed by atoms with Crippen molar-refractivity contribution in [1.82, 2.24) is 20.1 Å². The maximum atomic E-state index is 11.6. The topological polar surface area (TPSA) is 110 Å². The van der Waals surface area contributed by atoms with Gasteiger partial charge in [-0.1, -0.05) is 11.8 Å². The molecule has 2 aliphatic heterocycles. The highest BCUT2D eigenvalue weighted by atomic mass is 16.5. The molecule has 0 aliphatic carbocycles. The summed E-state index contributed by atoms with van der Waals surface area (Å²) in [4.78, 5) is 20.5. The summed E-state index contributed by atoms with van der Waals surface area (Å²) in [6, 6.07) is 3.94. The lowest BCUT2D eigenvalue weighted by Gasteiger charge is -2.34. The molecule has 2 saturated heterocycles. The predicted octanol–water partition coefficient (Wildman–Crippen LogP) is 1.99. The lowest BCUT2D eigenvalue weighted by molar-refractivity contribution is -0.127. The van der Waals surface area contributed by atoms with E-state index in [1.165, 1.54) is 6.21 Å². The molecule has 2 aliphatic rings. The number of nitrogens with zero attached hydrogens (tertiary/aromatic N) is 4. The lowest BCUT2D eigenvalue weighted by atomic mass is 10.1. The van der Waals surface area contributed by atoms with E-state index >= 15 is 0 Å². The molecule has 2 fully saturated rings. The average Bonchev–Trinajstić information content (AvgIpc) is 3.44. The number of anilines is 3. The first-order valence-electron chi connectivity index (χ1n) is 10.5. The average molecular weight is 422 g/mol. The number of carbonyl (C=O) groups excluding carboxylic acids is 1. The smallest absolute Gasteiger partial charge is 0.219 e. The van der Waals surface area contributed by atoms with Crippen molar-refractivity contribution in [3.63, 3.8) is 0 Å². The minimum absolute atomic E-state index is 0.0861. The van der Waals surface area contributed by atoms with Gasteiger partial charge in [0.25, 0.3) is 0 Å². The van der Waals surface area contributed by atoms with Gasteiger partial charge in [0.15, 0.2) is 0 Å². The van der Waals surface area contributed by atoms with Gasteiger partial charge in [-0.05, 0) is 19.4 Å². The first-order valence-corrected chi connectivity index (χ1v) is 10.5. The first-order chi connectivity index (χ1) is 15.0. The Morgan fingerprint density at radius 2 is 2.32 bits per heavy atom. The Kier molecular flexibility index (Phi) is 6.18. The molecule has 0 radical (unpaired) electrons. The van der Waals surface area contributed by atoms with E-state index in [9.17, 15) is 4.79 Å². The molecular weight excluding hydrogens is 394 g/mol. The molecule has 0 spiro atoms. The summed E-state index contributed by atoms with van der Waals surface area (Å²) in [5, 5.41) is 18.1. The summed E-state index contributed by atoms with van der Waals surface area (Å²) in [6.07, 6.45) is 3.80. The third-order valence-corrected chi connectivity index (χ3v) is 5.65. The molecule has 31 heavy (non-hydrogen) atoms. The van der Waals surface area contributed by atoms with Gasteiger partial charge in [-0.2, -0.15) is 5.10 Å². The second-order valence-corrected chi connectivity index (χ2v) is 7.87. The number of hydrogen-bond acceptors (Lipinski definition) is 7. The number of H-pyrrole nitrogens is 1. The molecule has 9 nitrogen and oxygen atoms in total. The number of morpholine rings is 1. The number of ether oxygens (including phenoxy) is 1. The van der Waals surface area contributed by atoms with Crippen LogP contribution < -0.4 is 10.2 Å². The zero-order valence-electron chi connectivity index (χ0n) is 17.8. The molecule has 2 aromatic heterocycles. The summed E-state index contributed by atoms with van der Waals surface area (Å²) >= 11 is 0. The van der Waals surface area contributed by atoms with E-state index in [1.54, 1.807) is 19.2 Å². The molecule has 0 aromatic carbocycles. The highest BCUT2D eigenvalue weighted by Crippen LogP contribution is 2.27. The van der Waals surface area contributed by atoms with Crippen LogP contribution in [0.4, 0.5) is 17.5 Å². The van der Waals surface area contributed by atoms with Crippen molar-refractivity contribution >= 4 is 29.6 Å². The van der Waals surface area contributed by atoms with Crippen LogP contribution in [0.3, 0.4) is 0 Å². The minimum Gasteiger partial charge on any atom is -0.377 e. The monoisotopic (exact) mass is 421 g/mol. The van der Waals surface area contributed by atoms with E-state index in [4.69, 9.17) is 15.1 Å². The van der Waals surface area contributed by atoms with E-state index in [1.807, 2.05) is 11.0 Å². The quantitative estimate of drug-likeness (QED) is 0.514. The maximum Gasteiger partial charge on any atom is 0.219 e. The fraction of sp³-hybridized carbons (Fsp3) is 0.455. The Hall–Kier alpha value is -3.38. The van der Waals surface area contributed by atoms with Gasteiger partial charge >= 0.3 is 0 Å². The van der Waals surface area contributed by atoms with Crippen LogP contribution in [-0.4, -0.2) is 71.1 Å². The van der Waals surface area contributed by atoms with Crippen molar-refractivity contribution in [2.75, 3.05) is 43.1 Å². The lowest BCUT2D eigenvalue weighted by Crippen LogP contribution is -2.44. The van der Waals surface area contributed by atoms with Crippen LogP contribution in [0.15, 0.2) is 18.3 Å². The molecule has 3 N–H and O–H groups in total. The Bertz CT molecular complexity index is 1010. The van der Waals surface area contributed by atoms with E-state index in [0.717, 1.165) is 30.9 Å². The van der Waals surface area contributed by atoms with Crippen LogP contribution >= 0.6 is 0 Å². The van der Waals surface area contributed by atoms with Crippen LogP contribution in [0.5, 0.6) is 0 Å². The van der Waals surface area contributed by atoms with E-state index in [-0.39, 0.29) is 17.9 Å². The van der Waals surface area contributed by atoms with Gasteiger partial charge in [0, 0.05) is 50.3 Å². The molecule has 0 saturated carbocycles. The van der Waals surface area contributed by atoms with Gasteiger partial charge in [0.05, 0.1) is 31.0 Å². The Morgan fingerprint density at radius 1 is 1.45 bits per heavy atom. The summed E-state index contributed by atoms with van der Waals surface area (Å²) in [7, 11) is 0. The summed E-state index contributed by atoms with van der Waals surface area (Å²) in [6.45, 7) is 7.12. The number of carbonyl (C=O) groups is 1. The van der Waals surface area contributed by atoms with Gasteiger partial charge in [0.2, 0.25) is 5.91 Å². The number of nitrogens with one attached hydrogen (secondary N) is 3. The molecule has 1 amide bonds. The van der Waals surface area contributed by atoms with Crippen molar-refractivity contribution in [2.24, 2.45) is 5.92 Å². The number of amides is 1. The van der Waals surface area contributed by atoms with E-state index in [0.29, 0.717) is 37.0 Å². The van der Waals surface area contributed by atoms with Crippen molar-refractivity contribution in [3.8, 4) is 11.8 Å². The maximum absolute atomic E-state index is 11.6. The molecule has 1 unspecified atom stereocenters. The Morgan fingerprint density at radius 3 is 3.00 bits per heavy atom. The normalized spacial score (nSPS) is 20.8. The SMILES string of the molecule is CC(=O)N1CCC(C#Cc2cc(N3CCOC[C@H]3C)nc(Nc3ccn[nH]3)c2C=N)C1. The number of aromatic amines is 1. The second kappa shape index (κ2) is 9.18. The second-order valence-electron chi connectivity index (χ2n) is 7.87. The highest BCUT2D eigenvalue weighted by Gasteiger charge is 2.24. The third-order valence-electron chi connectivity index (χ3n) is 5.65.